The van der Waals surface area contributed by atoms with Gasteiger partial charge in [0.25, 0.3) is 0 Å². The molecule has 2 unspecified atom stereocenters. The number of nitro groups is 1. The Balaban J connectivity index is 2.33. The van der Waals surface area contributed by atoms with Crippen molar-refractivity contribution in [3.05, 3.63) is 15.8 Å². The highest BCUT2D eigenvalue weighted by Gasteiger charge is 2.36. The summed E-state index contributed by atoms with van der Waals surface area (Å²) in [6.07, 6.45) is 3.15. The normalized spacial score (nSPS) is 26.3. The minimum atomic E-state index is -0.439. The Morgan fingerprint density at radius 1 is 1.53 bits per heavy atom. The maximum atomic E-state index is 11.0. The minimum absolute atomic E-state index is 0.0444. The fraction of sp³-hybridized carbons (Fsp3) is 0.769. The number of aryl methyl sites for hydroxylation is 1. The van der Waals surface area contributed by atoms with Crippen molar-refractivity contribution in [1.82, 2.24) is 9.78 Å². The molecule has 1 fully saturated rings. The lowest BCUT2D eigenvalue weighted by Gasteiger charge is -2.39. The summed E-state index contributed by atoms with van der Waals surface area (Å²) in [7, 11) is 0. The zero-order chi connectivity index (χ0) is 14.4. The first-order valence-corrected chi connectivity index (χ1v) is 6.72. The van der Waals surface area contributed by atoms with E-state index >= 15 is 0 Å². The van der Waals surface area contributed by atoms with Gasteiger partial charge in [-0.25, -0.2) is 4.68 Å². The molecule has 2 N–H and O–H groups in total. The third-order valence-electron chi connectivity index (χ3n) is 4.23. The van der Waals surface area contributed by atoms with Crippen molar-refractivity contribution >= 4 is 11.5 Å². The van der Waals surface area contributed by atoms with Crippen LogP contribution in [0.2, 0.25) is 0 Å². The number of anilines is 1. The molecule has 1 heterocycles. The number of nitrogens with two attached hydrogens (primary N) is 1. The number of nitrogen functional groups attached to an aromatic ring is 1. The largest absolute Gasteiger partial charge is 0.378 e. The zero-order valence-corrected chi connectivity index (χ0v) is 12.0. The van der Waals surface area contributed by atoms with Crippen molar-refractivity contribution in [1.29, 1.82) is 0 Å². The van der Waals surface area contributed by atoms with E-state index < -0.39 is 4.92 Å². The van der Waals surface area contributed by atoms with E-state index in [4.69, 9.17) is 5.73 Å². The van der Waals surface area contributed by atoms with Gasteiger partial charge in [-0.3, -0.25) is 10.1 Å². The quantitative estimate of drug-likeness (QED) is 0.658. The third kappa shape index (κ3) is 2.43. The van der Waals surface area contributed by atoms with Gasteiger partial charge in [0.1, 0.15) is 5.69 Å². The van der Waals surface area contributed by atoms with Crippen LogP contribution in [0.4, 0.5) is 11.5 Å². The first-order chi connectivity index (χ1) is 8.73. The summed E-state index contributed by atoms with van der Waals surface area (Å²) < 4.78 is 1.67. The number of rotatable bonds is 2. The zero-order valence-electron chi connectivity index (χ0n) is 12.0. The van der Waals surface area contributed by atoms with Gasteiger partial charge in [0, 0.05) is 0 Å². The molecule has 0 spiro atoms. The van der Waals surface area contributed by atoms with Gasteiger partial charge in [0.2, 0.25) is 5.82 Å². The van der Waals surface area contributed by atoms with Crippen LogP contribution >= 0.6 is 0 Å². The lowest BCUT2D eigenvalue weighted by atomic mass is 9.70. The average molecular weight is 266 g/mol. The molecule has 1 aromatic heterocycles. The van der Waals surface area contributed by atoms with Gasteiger partial charge in [0.05, 0.1) is 11.0 Å². The summed E-state index contributed by atoms with van der Waals surface area (Å²) in [6.45, 7) is 8.34. The summed E-state index contributed by atoms with van der Waals surface area (Å²) in [4.78, 5) is 10.6. The first-order valence-electron chi connectivity index (χ1n) is 6.72. The Morgan fingerprint density at radius 3 is 2.63 bits per heavy atom. The Hall–Kier alpha value is -1.59. The molecule has 6 heteroatoms. The average Bonchev–Trinajstić information content (AvgIpc) is 2.52. The Morgan fingerprint density at radius 2 is 2.16 bits per heavy atom. The van der Waals surface area contributed by atoms with Crippen LogP contribution in [0, 0.1) is 28.4 Å². The van der Waals surface area contributed by atoms with Crippen LogP contribution in [0.15, 0.2) is 0 Å². The molecule has 106 valence electrons. The molecule has 0 radical (unpaired) electrons. The fourth-order valence-corrected chi connectivity index (χ4v) is 3.33. The van der Waals surface area contributed by atoms with E-state index in [9.17, 15) is 10.1 Å². The molecule has 0 saturated heterocycles. The van der Waals surface area contributed by atoms with Gasteiger partial charge >= 0.3 is 5.69 Å². The molecule has 0 aliphatic heterocycles. The maximum absolute atomic E-state index is 11.0. The van der Waals surface area contributed by atoms with E-state index in [-0.39, 0.29) is 17.5 Å². The molecule has 0 amide bonds. The number of nitrogens with zero attached hydrogens (tertiary/aromatic N) is 3. The summed E-state index contributed by atoms with van der Waals surface area (Å²) in [6, 6.07) is 0.167. The van der Waals surface area contributed by atoms with Gasteiger partial charge in [-0.2, -0.15) is 5.10 Å². The summed E-state index contributed by atoms with van der Waals surface area (Å²) in [5.41, 5.74) is 6.61. The topological polar surface area (TPSA) is 87.0 Å². The van der Waals surface area contributed by atoms with Crippen LogP contribution in [-0.2, 0) is 0 Å². The second-order valence-electron chi connectivity index (χ2n) is 6.47. The van der Waals surface area contributed by atoms with E-state index in [1.165, 1.54) is 0 Å². The first kappa shape index (κ1) is 13.8. The second-order valence-corrected chi connectivity index (χ2v) is 6.47. The van der Waals surface area contributed by atoms with Crippen LogP contribution in [0.1, 0.15) is 51.8 Å². The molecule has 0 aromatic carbocycles. The minimum Gasteiger partial charge on any atom is -0.378 e. The van der Waals surface area contributed by atoms with Crippen molar-refractivity contribution in [3.8, 4) is 0 Å². The van der Waals surface area contributed by atoms with Gasteiger partial charge in [-0.05, 0) is 37.5 Å². The van der Waals surface area contributed by atoms with E-state index in [0.717, 1.165) is 19.3 Å². The SMILES string of the molecule is Cc1nn(C2CCC(C)(C)CC2C)c(N)c1[N+](=O)[O-]. The Kier molecular flexibility index (Phi) is 3.28. The van der Waals surface area contributed by atoms with E-state index in [1.807, 2.05) is 0 Å². The third-order valence-corrected chi connectivity index (χ3v) is 4.23. The summed E-state index contributed by atoms with van der Waals surface area (Å²) in [5, 5.41) is 15.3. The van der Waals surface area contributed by atoms with Crippen LogP contribution in [0.5, 0.6) is 0 Å². The highest BCUT2D eigenvalue weighted by Crippen LogP contribution is 2.45. The van der Waals surface area contributed by atoms with Crippen molar-refractivity contribution in [2.24, 2.45) is 11.3 Å². The maximum Gasteiger partial charge on any atom is 0.333 e. The monoisotopic (exact) mass is 266 g/mol. The molecule has 6 nitrogen and oxygen atoms in total. The predicted octanol–water partition coefficient (Wildman–Crippen LogP) is 3.07. The molecule has 1 aliphatic carbocycles. The van der Waals surface area contributed by atoms with E-state index in [0.29, 0.717) is 17.0 Å². The number of aromatic nitrogens is 2. The Bertz CT molecular complexity index is 507. The highest BCUT2D eigenvalue weighted by molar-refractivity contribution is 5.56. The molecular formula is C13H22N4O2. The predicted molar refractivity (Wildman–Crippen MR) is 73.9 cm³/mol. The molecule has 0 bridgehead atoms. The van der Waals surface area contributed by atoms with Gasteiger partial charge in [0.15, 0.2) is 0 Å². The molecular weight excluding hydrogens is 244 g/mol. The Labute approximate surface area is 113 Å². The molecule has 1 aromatic rings. The van der Waals surface area contributed by atoms with Crippen LogP contribution < -0.4 is 5.73 Å². The van der Waals surface area contributed by atoms with Crippen molar-refractivity contribution in [2.75, 3.05) is 5.73 Å². The van der Waals surface area contributed by atoms with Crippen LogP contribution in [-0.4, -0.2) is 14.7 Å². The lowest BCUT2D eigenvalue weighted by molar-refractivity contribution is -0.384. The van der Waals surface area contributed by atoms with E-state index in [2.05, 4.69) is 25.9 Å². The van der Waals surface area contributed by atoms with Gasteiger partial charge in [-0.15, -0.1) is 0 Å². The molecule has 1 saturated carbocycles. The van der Waals surface area contributed by atoms with Crippen molar-refractivity contribution in [3.63, 3.8) is 0 Å². The summed E-state index contributed by atoms with van der Waals surface area (Å²) in [5.74, 6) is 0.615. The second kappa shape index (κ2) is 4.51. The molecule has 2 rings (SSSR count). The molecule has 2 atom stereocenters. The van der Waals surface area contributed by atoms with Gasteiger partial charge < -0.3 is 5.73 Å². The van der Waals surface area contributed by atoms with E-state index in [1.54, 1.807) is 11.6 Å². The standard InChI is InChI=1S/C13H22N4O2/c1-8-7-13(3,4)6-5-10(8)16-12(14)11(17(18)19)9(2)15-16/h8,10H,5-7,14H2,1-4H3. The smallest absolute Gasteiger partial charge is 0.333 e. The number of hydrogen-bond acceptors (Lipinski definition) is 4. The lowest BCUT2D eigenvalue weighted by Crippen LogP contribution is -2.31. The van der Waals surface area contributed by atoms with Crippen LogP contribution in [0.3, 0.4) is 0 Å². The molecule has 19 heavy (non-hydrogen) atoms. The number of hydrogen-bond donors (Lipinski definition) is 1. The summed E-state index contributed by atoms with van der Waals surface area (Å²) >= 11 is 0. The fourth-order valence-electron chi connectivity index (χ4n) is 3.33. The van der Waals surface area contributed by atoms with Gasteiger partial charge in [-0.1, -0.05) is 20.8 Å². The van der Waals surface area contributed by atoms with Crippen molar-refractivity contribution < 1.29 is 4.92 Å². The molecule has 1 aliphatic rings. The van der Waals surface area contributed by atoms with Crippen molar-refractivity contribution in [2.45, 2.75) is 53.0 Å². The van der Waals surface area contributed by atoms with Crippen LogP contribution in [0.25, 0.3) is 0 Å². The highest BCUT2D eigenvalue weighted by atomic mass is 16.6.